The summed E-state index contributed by atoms with van der Waals surface area (Å²) in [7, 11) is 0. The van der Waals surface area contributed by atoms with Crippen LogP contribution >= 0.6 is 0 Å². The predicted octanol–water partition coefficient (Wildman–Crippen LogP) is 2.07. The van der Waals surface area contributed by atoms with Gasteiger partial charge in [-0.25, -0.2) is 4.79 Å². The van der Waals surface area contributed by atoms with Crippen molar-refractivity contribution in [3.05, 3.63) is 54.4 Å². The third-order valence-electron chi connectivity index (χ3n) is 2.47. The zero-order chi connectivity index (χ0) is 11.9. The van der Waals surface area contributed by atoms with Gasteiger partial charge in [-0.1, -0.05) is 30.3 Å². The molecule has 4 nitrogen and oxygen atoms in total. The highest BCUT2D eigenvalue weighted by atomic mass is 16.2. The Bertz CT molecular complexity index is 451. The summed E-state index contributed by atoms with van der Waals surface area (Å²) in [6.07, 6.45) is 5.12. The van der Waals surface area contributed by atoms with E-state index < -0.39 is 0 Å². The number of nitrogens with zero attached hydrogens (tertiary/aromatic N) is 2. The minimum absolute atomic E-state index is 0.178. The molecule has 0 aliphatic rings. The smallest absolute Gasteiger partial charge is 0.336 e. The molecule has 0 fully saturated rings. The second kappa shape index (κ2) is 5.84. The SMILES string of the molecule is O=C(NCCCc1ccccc1)n1cccn1. The van der Waals surface area contributed by atoms with Crippen LogP contribution in [0.15, 0.2) is 48.8 Å². The highest BCUT2D eigenvalue weighted by molar-refractivity contribution is 5.75. The number of aromatic nitrogens is 2. The molecule has 0 saturated heterocycles. The van der Waals surface area contributed by atoms with Crippen LogP contribution in [0.2, 0.25) is 0 Å². The molecular formula is C13H15N3O. The molecule has 0 aliphatic carbocycles. The molecule has 0 unspecified atom stereocenters. The van der Waals surface area contributed by atoms with E-state index in [-0.39, 0.29) is 6.03 Å². The Kier molecular flexibility index (Phi) is 3.91. The van der Waals surface area contributed by atoms with Gasteiger partial charge in [0.1, 0.15) is 0 Å². The molecule has 2 rings (SSSR count). The quantitative estimate of drug-likeness (QED) is 0.816. The van der Waals surface area contributed by atoms with E-state index in [4.69, 9.17) is 0 Å². The highest BCUT2D eigenvalue weighted by Gasteiger charge is 2.01. The van der Waals surface area contributed by atoms with Crippen LogP contribution in [0.3, 0.4) is 0 Å². The van der Waals surface area contributed by atoms with Crippen LogP contribution in [0.5, 0.6) is 0 Å². The van der Waals surface area contributed by atoms with Crippen molar-refractivity contribution < 1.29 is 4.79 Å². The normalized spacial score (nSPS) is 10.1. The van der Waals surface area contributed by atoms with Crippen molar-refractivity contribution in [2.24, 2.45) is 0 Å². The molecule has 0 radical (unpaired) electrons. The maximum absolute atomic E-state index is 11.5. The average Bonchev–Trinajstić information content (AvgIpc) is 2.89. The lowest BCUT2D eigenvalue weighted by atomic mass is 10.1. The minimum atomic E-state index is -0.178. The fourth-order valence-electron chi connectivity index (χ4n) is 1.60. The van der Waals surface area contributed by atoms with Crippen molar-refractivity contribution in [1.29, 1.82) is 0 Å². The summed E-state index contributed by atoms with van der Waals surface area (Å²) in [6, 6.07) is 11.8. The zero-order valence-electron chi connectivity index (χ0n) is 9.54. The van der Waals surface area contributed by atoms with E-state index in [2.05, 4.69) is 22.5 Å². The van der Waals surface area contributed by atoms with E-state index in [0.717, 1.165) is 12.8 Å². The van der Waals surface area contributed by atoms with E-state index in [1.54, 1.807) is 18.5 Å². The van der Waals surface area contributed by atoms with E-state index >= 15 is 0 Å². The van der Waals surface area contributed by atoms with Gasteiger partial charge in [0.2, 0.25) is 0 Å². The lowest BCUT2D eigenvalue weighted by Gasteiger charge is -2.04. The largest absolute Gasteiger partial charge is 0.342 e. The number of nitrogens with one attached hydrogen (secondary N) is 1. The summed E-state index contributed by atoms with van der Waals surface area (Å²) in [5, 5.41) is 6.67. The molecule has 1 aromatic heterocycles. The number of aryl methyl sites for hydroxylation is 1. The van der Waals surface area contributed by atoms with Crippen molar-refractivity contribution in [3.8, 4) is 0 Å². The van der Waals surface area contributed by atoms with Crippen molar-refractivity contribution in [3.63, 3.8) is 0 Å². The molecule has 17 heavy (non-hydrogen) atoms. The number of hydrogen-bond acceptors (Lipinski definition) is 2. The van der Waals surface area contributed by atoms with Crippen LogP contribution < -0.4 is 5.32 Å². The number of amides is 1. The number of benzene rings is 1. The summed E-state index contributed by atoms with van der Waals surface area (Å²) in [4.78, 5) is 11.5. The van der Waals surface area contributed by atoms with Gasteiger partial charge in [0.25, 0.3) is 0 Å². The lowest BCUT2D eigenvalue weighted by molar-refractivity contribution is 0.239. The Morgan fingerprint density at radius 1 is 1.24 bits per heavy atom. The van der Waals surface area contributed by atoms with Gasteiger partial charge >= 0.3 is 6.03 Å². The van der Waals surface area contributed by atoms with E-state index in [9.17, 15) is 4.79 Å². The standard InChI is InChI=1S/C13H15N3O/c17-13(16-11-5-10-15-16)14-9-4-8-12-6-2-1-3-7-12/h1-3,5-7,10-11H,4,8-9H2,(H,14,17). The van der Waals surface area contributed by atoms with Gasteiger partial charge in [0.05, 0.1) is 0 Å². The van der Waals surface area contributed by atoms with Gasteiger partial charge in [0, 0.05) is 18.9 Å². The first-order valence-corrected chi connectivity index (χ1v) is 5.68. The summed E-state index contributed by atoms with van der Waals surface area (Å²) >= 11 is 0. The first kappa shape index (κ1) is 11.4. The molecular weight excluding hydrogens is 214 g/mol. The number of hydrogen-bond donors (Lipinski definition) is 1. The van der Waals surface area contributed by atoms with Gasteiger partial charge in [-0.15, -0.1) is 0 Å². The molecule has 2 aromatic rings. The molecule has 1 amide bonds. The Morgan fingerprint density at radius 3 is 2.76 bits per heavy atom. The minimum Gasteiger partial charge on any atom is -0.336 e. The molecule has 0 spiro atoms. The van der Waals surface area contributed by atoms with Crippen LogP contribution in [0.1, 0.15) is 12.0 Å². The Morgan fingerprint density at radius 2 is 2.06 bits per heavy atom. The van der Waals surface area contributed by atoms with Crippen molar-refractivity contribution in [2.75, 3.05) is 6.54 Å². The van der Waals surface area contributed by atoms with E-state index in [0.29, 0.717) is 6.54 Å². The van der Waals surface area contributed by atoms with E-state index in [1.807, 2.05) is 18.2 Å². The zero-order valence-corrected chi connectivity index (χ0v) is 9.54. The molecule has 0 aliphatic heterocycles. The van der Waals surface area contributed by atoms with Gasteiger partial charge < -0.3 is 5.32 Å². The molecule has 1 heterocycles. The second-order valence-corrected chi connectivity index (χ2v) is 3.77. The summed E-state index contributed by atoms with van der Waals surface area (Å²) in [6.45, 7) is 0.660. The Balaban J connectivity index is 1.69. The maximum Gasteiger partial charge on any atom is 0.342 e. The van der Waals surface area contributed by atoms with Gasteiger partial charge in [-0.2, -0.15) is 9.78 Å². The Hall–Kier alpha value is -2.10. The van der Waals surface area contributed by atoms with Gasteiger partial charge in [-0.3, -0.25) is 0 Å². The predicted molar refractivity (Wildman–Crippen MR) is 65.8 cm³/mol. The number of rotatable bonds is 4. The first-order valence-electron chi connectivity index (χ1n) is 5.68. The fraction of sp³-hybridized carbons (Fsp3) is 0.231. The van der Waals surface area contributed by atoms with E-state index in [1.165, 1.54) is 10.2 Å². The molecule has 1 N–H and O–H groups in total. The van der Waals surface area contributed by atoms with Crippen molar-refractivity contribution in [2.45, 2.75) is 12.8 Å². The van der Waals surface area contributed by atoms with Crippen LogP contribution in [-0.4, -0.2) is 22.4 Å². The summed E-state index contributed by atoms with van der Waals surface area (Å²) in [5.41, 5.74) is 1.29. The fourth-order valence-corrected chi connectivity index (χ4v) is 1.60. The van der Waals surface area contributed by atoms with Crippen LogP contribution in [-0.2, 0) is 6.42 Å². The van der Waals surface area contributed by atoms with Crippen LogP contribution in [0.4, 0.5) is 4.79 Å². The third-order valence-corrected chi connectivity index (χ3v) is 2.47. The molecule has 0 bridgehead atoms. The molecule has 0 atom stereocenters. The molecule has 1 aromatic carbocycles. The number of carbonyl (C=O) groups excluding carboxylic acids is 1. The monoisotopic (exact) mass is 229 g/mol. The van der Waals surface area contributed by atoms with Crippen LogP contribution in [0, 0.1) is 0 Å². The summed E-state index contributed by atoms with van der Waals surface area (Å²) < 4.78 is 1.29. The molecule has 4 heteroatoms. The third kappa shape index (κ3) is 3.45. The van der Waals surface area contributed by atoms with Crippen LogP contribution in [0.25, 0.3) is 0 Å². The van der Waals surface area contributed by atoms with Gasteiger partial charge in [0.15, 0.2) is 0 Å². The summed E-state index contributed by atoms with van der Waals surface area (Å²) in [5.74, 6) is 0. The van der Waals surface area contributed by atoms with Gasteiger partial charge in [-0.05, 0) is 24.5 Å². The molecule has 88 valence electrons. The average molecular weight is 229 g/mol. The highest BCUT2D eigenvalue weighted by Crippen LogP contribution is 2.01. The Labute approximate surface area is 100 Å². The molecule has 0 saturated carbocycles. The lowest BCUT2D eigenvalue weighted by Crippen LogP contribution is -2.29. The number of carbonyl (C=O) groups is 1. The first-order chi connectivity index (χ1) is 8.36. The van der Waals surface area contributed by atoms with Crippen molar-refractivity contribution >= 4 is 6.03 Å². The second-order valence-electron chi connectivity index (χ2n) is 3.77. The van der Waals surface area contributed by atoms with Crippen molar-refractivity contribution in [1.82, 2.24) is 15.1 Å². The topological polar surface area (TPSA) is 46.9 Å². The maximum atomic E-state index is 11.5.